The molecule has 3 rings (SSSR count). The van der Waals surface area contributed by atoms with Crippen LogP contribution in [0.3, 0.4) is 0 Å². The fourth-order valence-electron chi connectivity index (χ4n) is 1.99. The number of halogens is 1. The minimum atomic E-state index is 0.220. The summed E-state index contributed by atoms with van der Waals surface area (Å²) in [6, 6.07) is 4.04. The van der Waals surface area contributed by atoms with Crippen molar-refractivity contribution in [2.24, 2.45) is 5.73 Å². The normalized spacial score (nSPS) is 19.4. The van der Waals surface area contributed by atoms with Crippen LogP contribution >= 0.6 is 15.9 Å². The molecule has 2 aromatic heterocycles. The van der Waals surface area contributed by atoms with E-state index in [1.54, 1.807) is 6.20 Å². The predicted octanol–water partition coefficient (Wildman–Crippen LogP) is 1.17. The van der Waals surface area contributed by atoms with E-state index < -0.39 is 0 Å². The van der Waals surface area contributed by atoms with Crippen molar-refractivity contribution < 1.29 is 0 Å². The van der Waals surface area contributed by atoms with Gasteiger partial charge in [0.25, 0.3) is 0 Å². The molecule has 7 heteroatoms. The molecule has 0 radical (unpaired) electrons. The Bertz CT molecular complexity index is 537. The highest BCUT2D eigenvalue weighted by Crippen LogP contribution is 2.19. The minimum absolute atomic E-state index is 0.220. The standard InChI is InChI=1S/C11H13BrN6/c12-7-1-2-9(14-5-7)10-15-11(17-16-10)18-4-3-8(13)6-18/h1-2,5,8H,3-4,6,13H2,(H,15,16,17). The molecule has 18 heavy (non-hydrogen) atoms. The number of nitrogens with two attached hydrogens (primary N) is 1. The number of hydrogen-bond donors (Lipinski definition) is 2. The highest BCUT2D eigenvalue weighted by molar-refractivity contribution is 9.10. The molecule has 0 aromatic carbocycles. The zero-order valence-electron chi connectivity index (χ0n) is 9.67. The lowest BCUT2D eigenvalue weighted by atomic mass is 10.3. The van der Waals surface area contributed by atoms with E-state index in [2.05, 4.69) is 41.0 Å². The average molecular weight is 309 g/mol. The SMILES string of the molecule is NC1CCN(c2n[nH]c(-c3ccc(Br)cn3)n2)C1. The first-order valence-electron chi connectivity index (χ1n) is 5.77. The van der Waals surface area contributed by atoms with Gasteiger partial charge < -0.3 is 10.6 Å². The van der Waals surface area contributed by atoms with E-state index in [0.717, 1.165) is 29.7 Å². The summed E-state index contributed by atoms with van der Waals surface area (Å²) < 4.78 is 0.941. The molecule has 1 unspecified atom stereocenters. The number of aromatic nitrogens is 4. The van der Waals surface area contributed by atoms with Crippen LogP contribution < -0.4 is 10.6 Å². The summed E-state index contributed by atoms with van der Waals surface area (Å²) in [5.74, 6) is 1.38. The number of pyridine rings is 1. The third kappa shape index (κ3) is 2.23. The predicted molar refractivity (Wildman–Crippen MR) is 72.1 cm³/mol. The van der Waals surface area contributed by atoms with E-state index in [0.29, 0.717) is 11.8 Å². The quantitative estimate of drug-likeness (QED) is 0.870. The molecular formula is C11H13BrN6. The second-order valence-electron chi connectivity index (χ2n) is 4.34. The van der Waals surface area contributed by atoms with Gasteiger partial charge in [-0.2, -0.15) is 4.98 Å². The molecule has 6 nitrogen and oxygen atoms in total. The molecule has 1 saturated heterocycles. The molecule has 3 N–H and O–H groups in total. The van der Waals surface area contributed by atoms with Crippen molar-refractivity contribution in [3.8, 4) is 11.5 Å². The second-order valence-corrected chi connectivity index (χ2v) is 5.26. The van der Waals surface area contributed by atoms with Crippen LogP contribution in [0.25, 0.3) is 11.5 Å². The van der Waals surface area contributed by atoms with Gasteiger partial charge in [-0.1, -0.05) is 0 Å². The van der Waals surface area contributed by atoms with E-state index >= 15 is 0 Å². The Morgan fingerprint density at radius 1 is 1.44 bits per heavy atom. The van der Waals surface area contributed by atoms with Gasteiger partial charge in [0.2, 0.25) is 5.95 Å². The number of hydrogen-bond acceptors (Lipinski definition) is 5. The Morgan fingerprint density at radius 2 is 2.33 bits per heavy atom. The number of H-pyrrole nitrogens is 1. The first-order valence-corrected chi connectivity index (χ1v) is 6.56. The van der Waals surface area contributed by atoms with E-state index in [-0.39, 0.29) is 6.04 Å². The Kier molecular flexibility index (Phi) is 3.00. The summed E-state index contributed by atoms with van der Waals surface area (Å²) in [6.07, 6.45) is 2.73. The fourth-order valence-corrected chi connectivity index (χ4v) is 2.23. The average Bonchev–Trinajstić information content (AvgIpc) is 2.98. The summed E-state index contributed by atoms with van der Waals surface area (Å²) in [6.45, 7) is 1.72. The summed E-state index contributed by atoms with van der Waals surface area (Å²) in [5.41, 5.74) is 6.65. The third-order valence-corrected chi connectivity index (χ3v) is 3.42. The number of aromatic amines is 1. The van der Waals surface area contributed by atoms with Crippen molar-refractivity contribution in [1.82, 2.24) is 20.2 Å². The van der Waals surface area contributed by atoms with E-state index in [1.807, 2.05) is 12.1 Å². The van der Waals surface area contributed by atoms with Crippen LogP contribution in [0, 0.1) is 0 Å². The van der Waals surface area contributed by atoms with Gasteiger partial charge in [0.1, 0.15) is 5.69 Å². The minimum Gasteiger partial charge on any atom is -0.338 e. The molecule has 2 aromatic rings. The highest BCUT2D eigenvalue weighted by atomic mass is 79.9. The van der Waals surface area contributed by atoms with Gasteiger partial charge in [0.15, 0.2) is 5.82 Å². The van der Waals surface area contributed by atoms with Crippen LogP contribution in [0.1, 0.15) is 6.42 Å². The van der Waals surface area contributed by atoms with Crippen molar-refractivity contribution in [3.05, 3.63) is 22.8 Å². The Morgan fingerprint density at radius 3 is 3.00 bits per heavy atom. The summed E-state index contributed by atoms with van der Waals surface area (Å²) >= 11 is 3.35. The Hall–Kier alpha value is -1.47. The van der Waals surface area contributed by atoms with Crippen LogP contribution in [0.2, 0.25) is 0 Å². The zero-order valence-corrected chi connectivity index (χ0v) is 11.3. The second kappa shape index (κ2) is 4.66. The van der Waals surface area contributed by atoms with Gasteiger partial charge in [0.05, 0.1) is 0 Å². The van der Waals surface area contributed by atoms with E-state index in [9.17, 15) is 0 Å². The summed E-state index contributed by atoms with van der Waals surface area (Å²) in [4.78, 5) is 10.8. The number of rotatable bonds is 2. The Balaban J connectivity index is 1.83. The van der Waals surface area contributed by atoms with Crippen molar-refractivity contribution in [2.75, 3.05) is 18.0 Å². The highest BCUT2D eigenvalue weighted by Gasteiger charge is 2.22. The van der Waals surface area contributed by atoms with Gasteiger partial charge in [-0.25, -0.2) is 0 Å². The van der Waals surface area contributed by atoms with Crippen LogP contribution in [0.15, 0.2) is 22.8 Å². The largest absolute Gasteiger partial charge is 0.338 e. The third-order valence-electron chi connectivity index (χ3n) is 2.95. The van der Waals surface area contributed by atoms with Crippen molar-refractivity contribution >= 4 is 21.9 Å². The van der Waals surface area contributed by atoms with E-state index in [1.165, 1.54) is 0 Å². The molecule has 94 valence electrons. The molecule has 1 fully saturated rings. The van der Waals surface area contributed by atoms with Crippen molar-refractivity contribution in [2.45, 2.75) is 12.5 Å². The van der Waals surface area contributed by atoms with Crippen LogP contribution in [0.4, 0.5) is 5.95 Å². The lowest BCUT2D eigenvalue weighted by molar-refractivity contribution is 0.750. The maximum Gasteiger partial charge on any atom is 0.245 e. The topological polar surface area (TPSA) is 83.7 Å². The molecule has 1 aliphatic rings. The molecule has 1 atom stereocenters. The first kappa shape index (κ1) is 11.6. The van der Waals surface area contributed by atoms with Crippen molar-refractivity contribution in [1.29, 1.82) is 0 Å². The lowest BCUT2D eigenvalue weighted by Crippen LogP contribution is -2.26. The molecule has 0 saturated carbocycles. The van der Waals surface area contributed by atoms with Crippen LogP contribution in [-0.2, 0) is 0 Å². The number of anilines is 1. The maximum absolute atomic E-state index is 5.87. The fraction of sp³-hybridized carbons (Fsp3) is 0.364. The smallest absolute Gasteiger partial charge is 0.245 e. The monoisotopic (exact) mass is 308 g/mol. The maximum atomic E-state index is 5.87. The zero-order chi connectivity index (χ0) is 12.5. The Labute approximate surface area is 113 Å². The molecular weight excluding hydrogens is 296 g/mol. The number of nitrogens with one attached hydrogen (secondary N) is 1. The van der Waals surface area contributed by atoms with E-state index in [4.69, 9.17) is 5.73 Å². The summed E-state index contributed by atoms with van der Waals surface area (Å²) in [7, 11) is 0. The van der Waals surface area contributed by atoms with Crippen LogP contribution in [-0.4, -0.2) is 39.3 Å². The number of nitrogens with zero attached hydrogens (tertiary/aromatic N) is 4. The molecule has 0 aliphatic carbocycles. The molecule has 0 amide bonds. The van der Waals surface area contributed by atoms with Gasteiger partial charge in [-0.05, 0) is 34.5 Å². The molecule has 0 bridgehead atoms. The first-order chi connectivity index (χ1) is 8.72. The van der Waals surface area contributed by atoms with Gasteiger partial charge >= 0.3 is 0 Å². The van der Waals surface area contributed by atoms with Crippen LogP contribution in [0.5, 0.6) is 0 Å². The van der Waals surface area contributed by atoms with Gasteiger partial charge in [0, 0.05) is 29.8 Å². The van der Waals surface area contributed by atoms with Gasteiger partial charge in [-0.15, -0.1) is 5.10 Å². The molecule has 1 aliphatic heterocycles. The van der Waals surface area contributed by atoms with Gasteiger partial charge in [-0.3, -0.25) is 10.1 Å². The summed E-state index contributed by atoms with van der Waals surface area (Å²) in [5, 5.41) is 7.13. The molecule has 0 spiro atoms. The van der Waals surface area contributed by atoms with Crippen molar-refractivity contribution in [3.63, 3.8) is 0 Å². The molecule has 3 heterocycles. The lowest BCUT2D eigenvalue weighted by Gasteiger charge is -2.11.